The Hall–Kier alpha value is -1.79. The van der Waals surface area contributed by atoms with Crippen molar-refractivity contribution >= 4 is 34.3 Å². The van der Waals surface area contributed by atoms with Crippen molar-refractivity contribution in [3.8, 4) is 0 Å². The molecule has 6 heteroatoms. The summed E-state index contributed by atoms with van der Waals surface area (Å²) < 4.78 is 7.30. The van der Waals surface area contributed by atoms with Gasteiger partial charge in [0.1, 0.15) is 0 Å². The monoisotopic (exact) mass is 414 g/mol. The second kappa shape index (κ2) is 8.70. The summed E-state index contributed by atoms with van der Waals surface area (Å²) in [6, 6.07) is 16.1. The van der Waals surface area contributed by atoms with Crippen LogP contribution in [0.5, 0.6) is 0 Å². The van der Waals surface area contributed by atoms with Crippen molar-refractivity contribution in [2.75, 3.05) is 32.6 Å². The van der Waals surface area contributed by atoms with Crippen molar-refractivity contribution in [3.05, 3.63) is 75.0 Å². The number of thioether (sulfide) groups is 1. The first-order valence-corrected chi connectivity index (χ1v) is 11.0. The highest BCUT2D eigenvalue weighted by molar-refractivity contribution is 7.98. The zero-order valence-electron chi connectivity index (χ0n) is 15.9. The molecule has 1 fully saturated rings. The maximum atomic E-state index is 13.4. The van der Waals surface area contributed by atoms with E-state index in [0.29, 0.717) is 18.1 Å². The SMILES string of the molecule is CSc1ccc2cc(CN3CCOCC3)c(=O)n(Cc3ccccc3Cl)c2c1. The minimum Gasteiger partial charge on any atom is -0.379 e. The van der Waals surface area contributed by atoms with E-state index in [1.807, 2.05) is 41.2 Å². The minimum absolute atomic E-state index is 0.0529. The van der Waals surface area contributed by atoms with Crippen molar-refractivity contribution in [1.29, 1.82) is 0 Å². The zero-order valence-corrected chi connectivity index (χ0v) is 17.4. The number of hydrogen-bond donors (Lipinski definition) is 0. The number of ether oxygens (including phenoxy) is 1. The second-order valence-electron chi connectivity index (χ2n) is 6.97. The lowest BCUT2D eigenvalue weighted by atomic mass is 10.1. The van der Waals surface area contributed by atoms with Gasteiger partial charge in [0.2, 0.25) is 0 Å². The summed E-state index contributed by atoms with van der Waals surface area (Å²) in [5.74, 6) is 0. The summed E-state index contributed by atoms with van der Waals surface area (Å²) in [6.45, 7) is 4.26. The number of morpholine rings is 1. The normalized spacial score (nSPS) is 15.2. The van der Waals surface area contributed by atoms with Gasteiger partial charge < -0.3 is 9.30 Å². The standard InChI is InChI=1S/C22H23ClN2O2S/c1-28-19-7-6-16-12-18(14-24-8-10-27-11-9-24)22(26)25(21(16)13-19)15-17-4-2-3-5-20(17)23/h2-7,12-13H,8-11,14-15H2,1H3. The van der Waals surface area contributed by atoms with Crippen LogP contribution >= 0.6 is 23.4 Å². The van der Waals surface area contributed by atoms with Crippen LogP contribution in [0, 0.1) is 0 Å². The number of hydrogen-bond acceptors (Lipinski definition) is 4. The number of halogens is 1. The molecule has 0 N–H and O–H groups in total. The Labute approximate surface area is 174 Å². The molecule has 28 heavy (non-hydrogen) atoms. The molecule has 0 radical (unpaired) electrons. The Kier molecular flexibility index (Phi) is 6.07. The highest BCUT2D eigenvalue weighted by Crippen LogP contribution is 2.24. The first-order valence-electron chi connectivity index (χ1n) is 9.39. The highest BCUT2D eigenvalue weighted by atomic mass is 35.5. The first kappa shape index (κ1) is 19.5. The van der Waals surface area contributed by atoms with Gasteiger partial charge in [-0.05, 0) is 41.5 Å². The number of fused-ring (bicyclic) bond motifs is 1. The van der Waals surface area contributed by atoms with Crippen molar-refractivity contribution in [1.82, 2.24) is 9.47 Å². The van der Waals surface area contributed by atoms with Gasteiger partial charge in [-0.3, -0.25) is 9.69 Å². The maximum Gasteiger partial charge on any atom is 0.255 e. The lowest BCUT2D eigenvalue weighted by Crippen LogP contribution is -2.38. The van der Waals surface area contributed by atoms with Crippen LogP contribution < -0.4 is 5.56 Å². The summed E-state index contributed by atoms with van der Waals surface area (Å²) in [6.07, 6.45) is 2.05. The van der Waals surface area contributed by atoms with Crippen LogP contribution in [-0.2, 0) is 17.8 Å². The number of aromatic nitrogens is 1. The molecule has 0 atom stereocenters. The average molecular weight is 415 g/mol. The van der Waals surface area contributed by atoms with E-state index in [1.54, 1.807) is 11.8 Å². The van der Waals surface area contributed by atoms with Crippen LogP contribution in [0.15, 0.2) is 58.2 Å². The number of benzene rings is 2. The predicted molar refractivity (Wildman–Crippen MR) is 117 cm³/mol. The molecule has 2 heterocycles. The van der Waals surface area contributed by atoms with Crippen LogP contribution in [0.1, 0.15) is 11.1 Å². The molecule has 0 amide bonds. The number of nitrogens with zero attached hydrogens (tertiary/aromatic N) is 2. The molecule has 3 aromatic rings. The molecule has 0 spiro atoms. The molecule has 2 aromatic carbocycles. The van der Waals surface area contributed by atoms with Crippen LogP contribution in [0.3, 0.4) is 0 Å². The van der Waals surface area contributed by atoms with Crippen molar-refractivity contribution in [2.24, 2.45) is 0 Å². The van der Waals surface area contributed by atoms with Crippen molar-refractivity contribution in [3.63, 3.8) is 0 Å². The van der Waals surface area contributed by atoms with Crippen LogP contribution in [-0.4, -0.2) is 42.0 Å². The molecule has 4 rings (SSSR count). The average Bonchev–Trinajstić information content (AvgIpc) is 2.73. The lowest BCUT2D eigenvalue weighted by Gasteiger charge is -2.26. The van der Waals surface area contributed by atoms with Crippen LogP contribution in [0.4, 0.5) is 0 Å². The molecule has 0 saturated carbocycles. The summed E-state index contributed by atoms with van der Waals surface area (Å²) in [7, 11) is 0. The molecule has 1 aromatic heterocycles. The summed E-state index contributed by atoms with van der Waals surface area (Å²) >= 11 is 8.07. The molecule has 1 aliphatic heterocycles. The van der Waals surface area contributed by atoms with Gasteiger partial charge in [0, 0.05) is 35.1 Å². The van der Waals surface area contributed by atoms with E-state index in [2.05, 4.69) is 23.1 Å². The van der Waals surface area contributed by atoms with Crippen molar-refractivity contribution < 1.29 is 4.74 Å². The Morgan fingerprint density at radius 3 is 2.57 bits per heavy atom. The third-order valence-electron chi connectivity index (χ3n) is 5.16. The van der Waals surface area contributed by atoms with E-state index in [-0.39, 0.29) is 5.56 Å². The van der Waals surface area contributed by atoms with E-state index in [4.69, 9.17) is 16.3 Å². The maximum absolute atomic E-state index is 13.4. The van der Waals surface area contributed by atoms with Gasteiger partial charge in [-0.1, -0.05) is 35.9 Å². The highest BCUT2D eigenvalue weighted by Gasteiger charge is 2.16. The molecule has 0 aliphatic carbocycles. The summed E-state index contributed by atoms with van der Waals surface area (Å²) in [5.41, 5.74) is 2.77. The lowest BCUT2D eigenvalue weighted by molar-refractivity contribution is 0.0340. The number of pyridine rings is 1. The smallest absolute Gasteiger partial charge is 0.255 e. The van der Waals surface area contributed by atoms with Gasteiger partial charge in [-0.25, -0.2) is 0 Å². The van der Waals surface area contributed by atoms with E-state index >= 15 is 0 Å². The first-order chi connectivity index (χ1) is 13.7. The van der Waals surface area contributed by atoms with E-state index in [9.17, 15) is 4.79 Å². The number of rotatable bonds is 5. The van der Waals surface area contributed by atoms with Crippen LogP contribution in [0.25, 0.3) is 10.9 Å². The molecule has 4 nitrogen and oxygen atoms in total. The van der Waals surface area contributed by atoms with Gasteiger partial charge in [-0.15, -0.1) is 11.8 Å². The molecular formula is C22H23ClN2O2S. The summed E-state index contributed by atoms with van der Waals surface area (Å²) in [4.78, 5) is 16.8. The topological polar surface area (TPSA) is 34.5 Å². The van der Waals surface area contributed by atoms with Crippen LogP contribution in [0.2, 0.25) is 5.02 Å². The third-order valence-corrected chi connectivity index (χ3v) is 6.26. The Balaban J connectivity index is 1.82. The van der Waals surface area contributed by atoms with Gasteiger partial charge in [0.15, 0.2) is 0 Å². The Morgan fingerprint density at radius 2 is 1.82 bits per heavy atom. The molecule has 0 bridgehead atoms. The largest absolute Gasteiger partial charge is 0.379 e. The van der Waals surface area contributed by atoms with E-state index in [0.717, 1.165) is 53.2 Å². The van der Waals surface area contributed by atoms with E-state index in [1.165, 1.54) is 0 Å². The molecule has 0 unspecified atom stereocenters. The Bertz CT molecular complexity index is 1040. The second-order valence-corrected chi connectivity index (χ2v) is 8.25. The third kappa shape index (κ3) is 4.13. The quantitative estimate of drug-likeness (QED) is 0.584. The zero-order chi connectivity index (χ0) is 19.5. The fourth-order valence-electron chi connectivity index (χ4n) is 3.61. The fourth-order valence-corrected chi connectivity index (χ4v) is 4.23. The predicted octanol–water partition coefficient (Wildman–Crippen LogP) is 4.26. The van der Waals surface area contributed by atoms with Gasteiger partial charge in [0.25, 0.3) is 5.56 Å². The van der Waals surface area contributed by atoms with E-state index < -0.39 is 0 Å². The molecule has 1 saturated heterocycles. The van der Waals surface area contributed by atoms with Gasteiger partial charge >= 0.3 is 0 Å². The molecular weight excluding hydrogens is 392 g/mol. The summed E-state index contributed by atoms with van der Waals surface area (Å²) in [5, 5.41) is 1.76. The van der Waals surface area contributed by atoms with Gasteiger partial charge in [-0.2, -0.15) is 0 Å². The van der Waals surface area contributed by atoms with Crippen molar-refractivity contribution in [2.45, 2.75) is 18.0 Å². The minimum atomic E-state index is 0.0529. The Morgan fingerprint density at radius 1 is 1.04 bits per heavy atom. The fraction of sp³-hybridized carbons (Fsp3) is 0.318. The molecule has 146 valence electrons. The van der Waals surface area contributed by atoms with Gasteiger partial charge in [0.05, 0.1) is 25.3 Å². The molecule has 1 aliphatic rings.